The van der Waals surface area contributed by atoms with Gasteiger partial charge in [0.15, 0.2) is 0 Å². The number of ether oxygens (including phenoxy) is 2. The molecule has 1 atom stereocenters. The number of hydrogen-bond acceptors (Lipinski definition) is 4. The van der Waals surface area contributed by atoms with Gasteiger partial charge in [-0.1, -0.05) is 23.7 Å². The van der Waals surface area contributed by atoms with E-state index in [9.17, 15) is 0 Å². The van der Waals surface area contributed by atoms with Gasteiger partial charge in [-0.2, -0.15) is 5.26 Å². The Hall–Kier alpha value is -2.06. The minimum absolute atomic E-state index is 0.0895. The minimum Gasteiger partial charge on any atom is -0.497 e. The van der Waals surface area contributed by atoms with Crippen LogP contribution in [-0.4, -0.2) is 31.8 Å². The SMILES string of the molecule is COc1ccc(CN2CCOC[C@H]2c2cc(Cl)cc(C#N)c2)cc1. The molecule has 0 aromatic heterocycles. The number of methoxy groups -OCH3 is 1. The highest BCUT2D eigenvalue weighted by molar-refractivity contribution is 6.30. The number of benzene rings is 2. The van der Waals surface area contributed by atoms with Crippen molar-refractivity contribution in [2.24, 2.45) is 0 Å². The van der Waals surface area contributed by atoms with E-state index in [1.165, 1.54) is 5.56 Å². The zero-order valence-electron chi connectivity index (χ0n) is 13.5. The Labute approximate surface area is 147 Å². The van der Waals surface area contributed by atoms with Gasteiger partial charge in [-0.15, -0.1) is 0 Å². The smallest absolute Gasteiger partial charge is 0.118 e. The van der Waals surface area contributed by atoms with E-state index in [1.807, 2.05) is 24.3 Å². The Balaban J connectivity index is 1.82. The predicted molar refractivity (Wildman–Crippen MR) is 93.1 cm³/mol. The molecule has 1 aliphatic heterocycles. The van der Waals surface area contributed by atoms with Crippen LogP contribution in [-0.2, 0) is 11.3 Å². The number of morpholine rings is 1. The molecule has 3 rings (SSSR count). The van der Waals surface area contributed by atoms with Crippen LogP contribution in [0.5, 0.6) is 5.75 Å². The lowest BCUT2D eigenvalue weighted by Crippen LogP contribution is -2.39. The van der Waals surface area contributed by atoms with Gasteiger partial charge in [0.25, 0.3) is 0 Å². The standard InChI is InChI=1S/C19H19ClN2O2/c1-23-18-4-2-14(3-5-18)12-22-6-7-24-13-19(22)16-8-15(11-21)9-17(20)10-16/h2-5,8-10,19H,6-7,12-13H2,1H3/t19-/m0/s1. The molecule has 0 spiro atoms. The molecule has 0 bridgehead atoms. The van der Waals surface area contributed by atoms with Crippen LogP contribution in [0.4, 0.5) is 0 Å². The van der Waals surface area contributed by atoms with Crippen molar-refractivity contribution in [3.05, 3.63) is 64.2 Å². The van der Waals surface area contributed by atoms with Crippen molar-refractivity contribution < 1.29 is 9.47 Å². The van der Waals surface area contributed by atoms with Gasteiger partial charge in [-0.05, 0) is 41.5 Å². The fourth-order valence-corrected chi connectivity index (χ4v) is 3.21. The minimum atomic E-state index is 0.0895. The summed E-state index contributed by atoms with van der Waals surface area (Å²) in [5.41, 5.74) is 2.81. The van der Waals surface area contributed by atoms with Gasteiger partial charge in [0, 0.05) is 18.1 Å². The number of hydrogen-bond donors (Lipinski definition) is 0. The molecule has 2 aromatic carbocycles. The van der Waals surface area contributed by atoms with E-state index in [2.05, 4.69) is 23.1 Å². The summed E-state index contributed by atoms with van der Waals surface area (Å²) in [5.74, 6) is 0.853. The zero-order chi connectivity index (χ0) is 16.9. The lowest BCUT2D eigenvalue weighted by atomic mass is 10.0. The molecule has 0 aliphatic carbocycles. The molecular formula is C19H19ClN2O2. The molecule has 1 fully saturated rings. The van der Waals surface area contributed by atoms with Gasteiger partial charge in [0.2, 0.25) is 0 Å². The summed E-state index contributed by atoms with van der Waals surface area (Å²) in [5, 5.41) is 9.75. The monoisotopic (exact) mass is 342 g/mol. The summed E-state index contributed by atoms with van der Waals surface area (Å²) >= 11 is 6.16. The van der Waals surface area contributed by atoms with Crippen LogP contribution in [0.25, 0.3) is 0 Å². The fraction of sp³-hybridized carbons (Fsp3) is 0.316. The molecule has 1 heterocycles. The van der Waals surface area contributed by atoms with Gasteiger partial charge >= 0.3 is 0 Å². The number of rotatable bonds is 4. The zero-order valence-corrected chi connectivity index (χ0v) is 14.3. The maximum absolute atomic E-state index is 9.17. The highest BCUT2D eigenvalue weighted by Gasteiger charge is 2.25. The third-order valence-electron chi connectivity index (χ3n) is 4.22. The van der Waals surface area contributed by atoms with Crippen LogP contribution < -0.4 is 4.74 Å². The molecule has 0 radical (unpaired) electrons. The predicted octanol–water partition coefficient (Wildman–Crippen LogP) is 3.79. The van der Waals surface area contributed by atoms with E-state index < -0.39 is 0 Å². The van der Waals surface area contributed by atoms with Crippen LogP contribution in [0.15, 0.2) is 42.5 Å². The topological polar surface area (TPSA) is 45.5 Å². The van der Waals surface area contributed by atoms with Crippen molar-refractivity contribution in [3.8, 4) is 11.8 Å². The first-order chi connectivity index (χ1) is 11.7. The number of nitriles is 1. The molecule has 124 valence electrons. The van der Waals surface area contributed by atoms with Crippen molar-refractivity contribution in [1.29, 1.82) is 5.26 Å². The summed E-state index contributed by atoms with van der Waals surface area (Å²) in [6.07, 6.45) is 0. The van der Waals surface area contributed by atoms with Crippen LogP contribution in [0.2, 0.25) is 5.02 Å². The van der Waals surface area contributed by atoms with Crippen LogP contribution in [0.3, 0.4) is 0 Å². The van der Waals surface area contributed by atoms with Crippen LogP contribution in [0.1, 0.15) is 22.7 Å². The molecule has 5 heteroatoms. The first kappa shape index (κ1) is 16.8. The number of nitrogens with zero attached hydrogens (tertiary/aromatic N) is 2. The van der Waals surface area contributed by atoms with Gasteiger partial charge in [-0.25, -0.2) is 0 Å². The summed E-state index contributed by atoms with van der Waals surface area (Å²) in [6, 6.07) is 15.8. The van der Waals surface area contributed by atoms with Crippen molar-refractivity contribution >= 4 is 11.6 Å². The normalized spacial score (nSPS) is 18.1. The van der Waals surface area contributed by atoms with Crippen molar-refractivity contribution in [1.82, 2.24) is 4.90 Å². The molecular weight excluding hydrogens is 324 g/mol. The molecule has 1 saturated heterocycles. The average molecular weight is 343 g/mol. The summed E-state index contributed by atoms with van der Waals surface area (Å²) in [7, 11) is 1.67. The quantitative estimate of drug-likeness (QED) is 0.848. The lowest BCUT2D eigenvalue weighted by molar-refractivity contribution is -0.0127. The average Bonchev–Trinajstić information content (AvgIpc) is 2.62. The van der Waals surface area contributed by atoms with E-state index in [4.69, 9.17) is 26.3 Å². The Morgan fingerprint density at radius 3 is 2.79 bits per heavy atom. The van der Waals surface area contributed by atoms with Crippen molar-refractivity contribution in [2.45, 2.75) is 12.6 Å². The highest BCUT2D eigenvalue weighted by Crippen LogP contribution is 2.29. The van der Waals surface area contributed by atoms with Crippen molar-refractivity contribution in [3.63, 3.8) is 0 Å². The largest absolute Gasteiger partial charge is 0.497 e. The molecule has 0 N–H and O–H groups in total. The third kappa shape index (κ3) is 3.88. The second-order valence-electron chi connectivity index (χ2n) is 5.79. The molecule has 24 heavy (non-hydrogen) atoms. The molecule has 4 nitrogen and oxygen atoms in total. The molecule has 0 amide bonds. The molecule has 1 aliphatic rings. The van der Waals surface area contributed by atoms with E-state index in [0.717, 1.165) is 24.4 Å². The maximum atomic E-state index is 9.17. The summed E-state index contributed by atoms with van der Waals surface area (Å²) in [4.78, 5) is 2.36. The molecule has 2 aromatic rings. The third-order valence-corrected chi connectivity index (χ3v) is 4.44. The van der Waals surface area contributed by atoms with Crippen LogP contribution in [0, 0.1) is 11.3 Å². The van der Waals surface area contributed by atoms with Gasteiger partial charge in [0.1, 0.15) is 5.75 Å². The molecule has 0 saturated carbocycles. The first-order valence-electron chi connectivity index (χ1n) is 7.85. The lowest BCUT2D eigenvalue weighted by Gasteiger charge is -2.36. The maximum Gasteiger partial charge on any atom is 0.118 e. The second kappa shape index (κ2) is 7.67. The van der Waals surface area contributed by atoms with Gasteiger partial charge < -0.3 is 9.47 Å². The van der Waals surface area contributed by atoms with E-state index in [-0.39, 0.29) is 6.04 Å². The summed E-state index contributed by atoms with van der Waals surface area (Å²) < 4.78 is 10.9. The van der Waals surface area contributed by atoms with Gasteiger partial charge in [-0.3, -0.25) is 4.90 Å². The second-order valence-corrected chi connectivity index (χ2v) is 6.23. The Bertz CT molecular complexity index is 740. The number of halogens is 1. The van der Waals surface area contributed by atoms with E-state index in [1.54, 1.807) is 13.2 Å². The Morgan fingerprint density at radius 2 is 2.08 bits per heavy atom. The van der Waals surface area contributed by atoms with E-state index in [0.29, 0.717) is 23.8 Å². The first-order valence-corrected chi connectivity index (χ1v) is 8.22. The van der Waals surface area contributed by atoms with Crippen molar-refractivity contribution in [2.75, 3.05) is 26.9 Å². The van der Waals surface area contributed by atoms with Gasteiger partial charge in [0.05, 0.1) is 38.0 Å². The Kier molecular flexibility index (Phi) is 5.37. The van der Waals surface area contributed by atoms with Crippen LogP contribution >= 0.6 is 11.6 Å². The molecule has 0 unspecified atom stereocenters. The summed E-state index contributed by atoms with van der Waals surface area (Å²) in [6.45, 7) is 2.96. The fourth-order valence-electron chi connectivity index (χ4n) is 2.97. The van der Waals surface area contributed by atoms with E-state index >= 15 is 0 Å². The highest BCUT2D eigenvalue weighted by atomic mass is 35.5. The Morgan fingerprint density at radius 1 is 1.29 bits per heavy atom.